The van der Waals surface area contributed by atoms with Gasteiger partial charge in [0.2, 0.25) is 0 Å². The van der Waals surface area contributed by atoms with Gasteiger partial charge in [0.05, 0.1) is 0 Å². The van der Waals surface area contributed by atoms with Crippen LogP contribution in [0.15, 0.2) is 0 Å². The summed E-state index contributed by atoms with van der Waals surface area (Å²) in [6, 6.07) is 0. The van der Waals surface area contributed by atoms with Crippen molar-refractivity contribution in [2.75, 3.05) is 0 Å². The lowest BCUT2D eigenvalue weighted by Crippen LogP contribution is -2.01. The molecule has 7 heavy (non-hydrogen) atoms. The van der Waals surface area contributed by atoms with Crippen molar-refractivity contribution >= 4 is 0 Å². The predicted molar refractivity (Wildman–Crippen MR) is 29.0 cm³/mol. The van der Waals surface area contributed by atoms with Crippen molar-refractivity contribution in [1.82, 2.24) is 0 Å². The third kappa shape index (κ3) is 3.76. The van der Waals surface area contributed by atoms with Gasteiger partial charge in [-0.2, -0.15) is 0 Å². The van der Waals surface area contributed by atoms with Crippen LogP contribution >= 0.6 is 0 Å². The van der Waals surface area contributed by atoms with Crippen molar-refractivity contribution in [3.05, 3.63) is 6.61 Å². The minimum Gasteiger partial charge on any atom is -0.298 e. The topological polar surface area (TPSA) is 35.2 Å². The van der Waals surface area contributed by atoms with E-state index < -0.39 is 0 Å². The molecule has 0 heterocycles. The molecule has 0 aliphatic rings. The number of nitrogens with two attached hydrogens (primary N) is 1. The van der Waals surface area contributed by atoms with Crippen LogP contribution in [0.2, 0.25) is 0 Å². The van der Waals surface area contributed by atoms with Gasteiger partial charge in [0.15, 0.2) is 0 Å². The Morgan fingerprint density at radius 1 is 1.86 bits per heavy atom. The van der Waals surface area contributed by atoms with Gasteiger partial charge >= 0.3 is 0 Å². The second-order valence-electron chi connectivity index (χ2n) is 1.66. The van der Waals surface area contributed by atoms with E-state index in [2.05, 4.69) is 11.8 Å². The molecule has 0 aromatic carbocycles. The van der Waals surface area contributed by atoms with Gasteiger partial charge in [-0.1, -0.05) is 20.3 Å². The fourth-order valence-electron chi connectivity index (χ4n) is 0.230. The molecule has 1 unspecified atom stereocenters. The Hall–Kier alpha value is -0.0800. The Balaban J connectivity index is 2.83. The maximum absolute atomic E-state index is 4.75. The van der Waals surface area contributed by atoms with Crippen LogP contribution in [0.5, 0.6) is 0 Å². The molecule has 2 nitrogen and oxygen atoms in total. The van der Waals surface area contributed by atoms with Crippen molar-refractivity contribution in [3.8, 4) is 0 Å². The van der Waals surface area contributed by atoms with Crippen molar-refractivity contribution in [1.29, 1.82) is 0 Å². The van der Waals surface area contributed by atoms with Gasteiger partial charge in [-0.15, -0.1) is 0 Å². The lowest BCUT2D eigenvalue weighted by molar-refractivity contribution is 0.173. The Kier molecular flexibility index (Phi) is 4.04. The van der Waals surface area contributed by atoms with Crippen LogP contribution in [0, 0.1) is 12.5 Å². The summed E-state index contributed by atoms with van der Waals surface area (Å²) < 4.78 is 0. The summed E-state index contributed by atoms with van der Waals surface area (Å²) in [5.41, 5.74) is 0. The standard InChI is InChI=1S/C5H12NO/c1-3-5(2)4-7-6/h4-5H,3,6H2,1-2H3. The van der Waals surface area contributed by atoms with E-state index in [0.717, 1.165) is 6.42 Å². The molecular formula is C5H12NO. The lowest BCUT2D eigenvalue weighted by Gasteiger charge is -2.01. The molecule has 0 aliphatic carbocycles. The van der Waals surface area contributed by atoms with Gasteiger partial charge in [-0.25, -0.2) is 5.90 Å². The van der Waals surface area contributed by atoms with Crippen LogP contribution in [0.3, 0.4) is 0 Å². The molecule has 2 heteroatoms. The summed E-state index contributed by atoms with van der Waals surface area (Å²) in [5, 5.41) is 0. The van der Waals surface area contributed by atoms with Gasteiger partial charge in [0.25, 0.3) is 0 Å². The molecule has 0 saturated heterocycles. The minimum absolute atomic E-state index is 0.477. The molecule has 0 fully saturated rings. The van der Waals surface area contributed by atoms with Crippen LogP contribution in [0.4, 0.5) is 0 Å². The average Bonchev–Trinajstić information content (AvgIpc) is 1.68. The van der Waals surface area contributed by atoms with Gasteiger partial charge < -0.3 is 0 Å². The second-order valence-corrected chi connectivity index (χ2v) is 1.66. The molecule has 43 valence electrons. The Morgan fingerprint density at radius 2 is 2.43 bits per heavy atom. The normalized spacial score (nSPS) is 14.1. The summed E-state index contributed by atoms with van der Waals surface area (Å²) in [6.07, 6.45) is 1.08. The van der Waals surface area contributed by atoms with E-state index in [1.807, 2.05) is 6.92 Å². The van der Waals surface area contributed by atoms with E-state index in [0.29, 0.717) is 5.92 Å². The second kappa shape index (κ2) is 4.09. The van der Waals surface area contributed by atoms with Crippen LogP contribution in [0.1, 0.15) is 20.3 Å². The fourth-order valence-corrected chi connectivity index (χ4v) is 0.230. The first kappa shape index (κ1) is 6.92. The molecule has 2 N–H and O–H groups in total. The van der Waals surface area contributed by atoms with Gasteiger partial charge in [-0.05, 0) is 5.92 Å². The zero-order valence-corrected chi connectivity index (χ0v) is 4.85. The van der Waals surface area contributed by atoms with E-state index in [1.165, 1.54) is 0 Å². The molecule has 0 aliphatic heterocycles. The smallest absolute Gasteiger partial charge is 0.110 e. The van der Waals surface area contributed by atoms with Crippen LogP contribution < -0.4 is 5.90 Å². The summed E-state index contributed by atoms with van der Waals surface area (Å²) in [4.78, 5) is 4.27. The van der Waals surface area contributed by atoms with Gasteiger partial charge in [0, 0.05) is 0 Å². The Morgan fingerprint density at radius 3 is 2.57 bits per heavy atom. The summed E-state index contributed by atoms with van der Waals surface area (Å²) in [5.74, 6) is 5.23. The third-order valence-corrected chi connectivity index (χ3v) is 0.955. The molecule has 0 spiro atoms. The monoisotopic (exact) mass is 102 g/mol. The molecular weight excluding hydrogens is 90.1 g/mol. The largest absolute Gasteiger partial charge is 0.298 e. The Labute approximate surface area is 44.6 Å². The van der Waals surface area contributed by atoms with E-state index in [4.69, 9.17) is 5.90 Å². The fraction of sp³-hybridized carbons (Fsp3) is 0.800. The predicted octanol–water partition coefficient (Wildman–Crippen LogP) is 1.08. The van der Waals surface area contributed by atoms with E-state index in [9.17, 15) is 0 Å². The van der Waals surface area contributed by atoms with Crippen molar-refractivity contribution in [2.45, 2.75) is 20.3 Å². The highest BCUT2D eigenvalue weighted by atomic mass is 16.6. The maximum atomic E-state index is 4.75. The van der Waals surface area contributed by atoms with Crippen LogP contribution in [-0.4, -0.2) is 0 Å². The minimum atomic E-state index is 0.477. The van der Waals surface area contributed by atoms with Gasteiger partial charge in [-0.3, -0.25) is 4.84 Å². The summed E-state index contributed by atoms with van der Waals surface area (Å²) in [7, 11) is 0. The molecule has 1 radical (unpaired) electrons. The molecule has 0 aromatic rings. The highest BCUT2D eigenvalue weighted by Crippen LogP contribution is 2.02. The molecule has 0 bridgehead atoms. The first-order valence-electron chi connectivity index (χ1n) is 2.50. The lowest BCUT2D eigenvalue weighted by atomic mass is 10.1. The van der Waals surface area contributed by atoms with E-state index in [-0.39, 0.29) is 0 Å². The highest BCUT2D eigenvalue weighted by molar-refractivity contribution is 4.57. The SMILES string of the molecule is CCC(C)[CH]ON. The molecule has 1 atom stereocenters. The first-order chi connectivity index (χ1) is 3.31. The molecule has 0 amide bonds. The van der Waals surface area contributed by atoms with E-state index >= 15 is 0 Å². The van der Waals surface area contributed by atoms with Crippen LogP contribution in [-0.2, 0) is 4.84 Å². The van der Waals surface area contributed by atoms with Crippen molar-refractivity contribution in [2.24, 2.45) is 11.8 Å². The quantitative estimate of drug-likeness (QED) is 0.541. The van der Waals surface area contributed by atoms with Crippen molar-refractivity contribution < 1.29 is 4.84 Å². The van der Waals surface area contributed by atoms with Crippen molar-refractivity contribution in [3.63, 3.8) is 0 Å². The zero-order valence-electron chi connectivity index (χ0n) is 4.85. The number of hydrogen-bond acceptors (Lipinski definition) is 2. The molecule has 0 saturated carbocycles. The van der Waals surface area contributed by atoms with E-state index in [1.54, 1.807) is 6.61 Å². The van der Waals surface area contributed by atoms with Crippen LogP contribution in [0.25, 0.3) is 0 Å². The molecule has 0 rings (SSSR count). The Bertz CT molecular complexity index is 39.1. The average molecular weight is 102 g/mol. The maximum Gasteiger partial charge on any atom is 0.110 e. The number of hydrogen-bond donors (Lipinski definition) is 1. The third-order valence-electron chi connectivity index (χ3n) is 0.955. The zero-order chi connectivity index (χ0) is 5.70. The molecule has 0 aromatic heterocycles. The van der Waals surface area contributed by atoms with Gasteiger partial charge in [0.1, 0.15) is 6.61 Å². The number of rotatable bonds is 3. The highest BCUT2D eigenvalue weighted by Gasteiger charge is 1.95. The summed E-state index contributed by atoms with van der Waals surface area (Å²) in [6.45, 7) is 5.76. The first-order valence-corrected chi connectivity index (χ1v) is 2.50. The summed E-state index contributed by atoms with van der Waals surface area (Å²) >= 11 is 0.